The second-order valence-corrected chi connectivity index (χ2v) is 5.19. The van der Waals surface area contributed by atoms with E-state index in [9.17, 15) is 18.3 Å². The average molecular weight is 283 g/mol. The molecule has 0 fully saturated rings. The van der Waals surface area contributed by atoms with Crippen molar-refractivity contribution in [2.45, 2.75) is 11.8 Å². The van der Waals surface area contributed by atoms with Gasteiger partial charge in [0.2, 0.25) is 10.0 Å². The van der Waals surface area contributed by atoms with E-state index in [1.807, 2.05) is 0 Å². The molecule has 1 rings (SSSR count). The molecule has 0 aliphatic rings. The van der Waals surface area contributed by atoms with E-state index in [0.29, 0.717) is 0 Å². The van der Waals surface area contributed by atoms with E-state index in [0.717, 1.165) is 19.2 Å². The minimum atomic E-state index is -3.78. The van der Waals surface area contributed by atoms with Gasteiger partial charge in [0.05, 0.1) is 18.6 Å². The number of carbonyl (C=O) groups excluding carboxylic acids is 1. The Morgan fingerprint density at radius 2 is 2.16 bits per heavy atom. The molecule has 0 saturated heterocycles. The highest BCUT2D eigenvalue weighted by atomic mass is 32.2. The molecule has 7 heteroatoms. The van der Waals surface area contributed by atoms with Gasteiger partial charge in [0.15, 0.2) is 0 Å². The number of ether oxygens (including phenoxy) is 1. The van der Waals surface area contributed by atoms with Crippen molar-refractivity contribution in [2.24, 2.45) is 0 Å². The lowest BCUT2D eigenvalue weighted by Gasteiger charge is -2.07. The van der Waals surface area contributed by atoms with Gasteiger partial charge >= 0.3 is 5.97 Å². The quantitative estimate of drug-likeness (QED) is 0.619. The van der Waals surface area contributed by atoms with Crippen LogP contribution < -0.4 is 4.72 Å². The first-order chi connectivity index (χ1) is 8.92. The Morgan fingerprint density at radius 3 is 2.74 bits per heavy atom. The van der Waals surface area contributed by atoms with Gasteiger partial charge in [-0.05, 0) is 25.1 Å². The summed E-state index contributed by atoms with van der Waals surface area (Å²) in [6.45, 7) is 1.55. The number of aromatic hydroxyl groups is 1. The molecule has 0 unspecified atom stereocenters. The fraction of sp³-hybridized carbons (Fsp3) is 0.250. The highest BCUT2D eigenvalue weighted by molar-refractivity contribution is 7.89. The molecule has 0 atom stereocenters. The summed E-state index contributed by atoms with van der Waals surface area (Å²) >= 11 is 0. The van der Waals surface area contributed by atoms with E-state index in [1.54, 1.807) is 6.92 Å². The number of hydrogen-bond acceptors (Lipinski definition) is 5. The summed E-state index contributed by atoms with van der Waals surface area (Å²) < 4.78 is 30.4. The Hall–Kier alpha value is -2.04. The third-order valence-electron chi connectivity index (χ3n) is 2.21. The Bertz CT molecular complexity index is 640. The van der Waals surface area contributed by atoms with Gasteiger partial charge in [-0.25, -0.2) is 13.2 Å². The Balaban J connectivity index is 3.13. The summed E-state index contributed by atoms with van der Waals surface area (Å²) in [7, 11) is -2.65. The molecule has 0 bridgehead atoms. The van der Waals surface area contributed by atoms with Crippen molar-refractivity contribution in [3.63, 3.8) is 0 Å². The molecule has 1 aromatic rings. The summed E-state index contributed by atoms with van der Waals surface area (Å²) in [5.41, 5.74) is -0.216. The van der Waals surface area contributed by atoms with Crippen LogP contribution in [0.1, 0.15) is 17.3 Å². The van der Waals surface area contributed by atoms with Crippen LogP contribution in [0.2, 0.25) is 0 Å². The molecule has 0 aromatic heterocycles. The highest BCUT2D eigenvalue weighted by Crippen LogP contribution is 2.21. The average Bonchev–Trinajstić information content (AvgIpc) is 2.38. The predicted molar refractivity (Wildman–Crippen MR) is 68.1 cm³/mol. The number of benzene rings is 1. The van der Waals surface area contributed by atoms with Gasteiger partial charge in [-0.15, -0.1) is 5.92 Å². The van der Waals surface area contributed by atoms with Crippen molar-refractivity contribution in [2.75, 3.05) is 13.7 Å². The van der Waals surface area contributed by atoms with Gasteiger partial charge < -0.3 is 9.84 Å². The van der Waals surface area contributed by atoms with Crippen molar-refractivity contribution in [3.05, 3.63) is 23.8 Å². The largest absolute Gasteiger partial charge is 0.507 e. The Kier molecular flexibility index (Phi) is 4.92. The number of nitrogens with one attached hydrogen (secondary N) is 1. The SMILES string of the molecule is CC#CCNS(=O)(=O)c1ccc(O)c(C(=O)OC)c1. The van der Waals surface area contributed by atoms with E-state index in [1.165, 1.54) is 6.07 Å². The number of carbonyl (C=O) groups is 1. The van der Waals surface area contributed by atoms with E-state index in [-0.39, 0.29) is 22.8 Å². The van der Waals surface area contributed by atoms with Crippen LogP contribution in [0, 0.1) is 11.8 Å². The maximum absolute atomic E-state index is 11.9. The molecule has 6 nitrogen and oxygen atoms in total. The third-order valence-corrected chi connectivity index (χ3v) is 3.61. The van der Waals surface area contributed by atoms with Gasteiger partial charge in [0, 0.05) is 0 Å². The fourth-order valence-corrected chi connectivity index (χ4v) is 2.21. The molecule has 2 N–H and O–H groups in total. The third kappa shape index (κ3) is 3.71. The highest BCUT2D eigenvalue weighted by Gasteiger charge is 2.18. The molecule has 19 heavy (non-hydrogen) atoms. The summed E-state index contributed by atoms with van der Waals surface area (Å²) in [4.78, 5) is 11.2. The monoisotopic (exact) mass is 283 g/mol. The minimum Gasteiger partial charge on any atom is -0.507 e. The lowest BCUT2D eigenvalue weighted by molar-refractivity contribution is 0.0597. The van der Waals surface area contributed by atoms with Gasteiger partial charge in [-0.1, -0.05) is 5.92 Å². The Labute approximate surface area is 111 Å². The second kappa shape index (κ2) is 6.22. The second-order valence-electron chi connectivity index (χ2n) is 3.42. The lowest BCUT2D eigenvalue weighted by atomic mass is 10.2. The van der Waals surface area contributed by atoms with Gasteiger partial charge in [0.1, 0.15) is 11.3 Å². The van der Waals surface area contributed by atoms with Crippen LogP contribution in [-0.4, -0.2) is 33.1 Å². The number of rotatable bonds is 4. The molecule has 1 aromatic carbocycles. The van der Waals surface area contributed by atoms with Crippen molar-refractivity contribution < 1.29 is 23.1 Å². The summed E-state index contributed by atoms with van der Waals surface area (Å²) in [5, 5.41) is 9.48. The van der Waals surface area contributed by atoms with E-state index < -0.39 is 16.0 Å². The lowest BCUT2D eigenvalue weighted by Crippen LogP contribution is -2.24. The van der Waals surface area contributed by atoms with Crippen LogP contribution in [0.3, 0.4) is 0 Å². The first-order valence-corrected chi connectivity index (χ1v) is 6.71. The topological polar surface area (TPSA) is 92.7 Å². The van der Waals surface area contributed by atoms with Crippen molar-refractivity contribution in [1.29, 1.82) is 0 Å². The smallest absolute Gasteiger partial charge is 0.341 e. The molecule has 0 heterocycles. The predicted octanol–water partition coefficient (Wildman–Crippen LogP) is 0.480. The normalized spacial score (nSPS) is 10.4. The zero-order chi connectivity index (χ0) is 14.5. The number of methoxy groups -OCH3 is 1. The maximum Gasteiger partial charge on any atom is 0.341 e. The van der Waals surface area contributed by atoms with Gasteiger partial charge in [-0.2, -0.15) is 4.72 Å². The molecule has 102 valence electrons. The number of sulfonamides is 1. The van der Waals surface area contributed by atoms with Crippen LogP contribution >= 0.6 is 0 Å². The summed E-state index contributed by atoms with van der Waals surface area (Å²) in [6.07, 6.45) is 0. The number of esters is 1. The van der Waals surface area contributed by atoms with Crippen LogP contribution in [0.4, 0.5) is 0 Å². The summed E-state index contributed by atoms with van der Waals surface area (Å²) in [5.74, 6) is 3.94. The number of phenolic OH excluding ortho intramolecular Hbond substituents is 1. The van der Waals surface area contributed by atoms with Crippen LogP contribution in [0.25, 0.3) is 0 Å². The first kappa shape index (κ1) is 15.0. The maximum atomic E-state index is 11.9. The first-order valence-electron chi connectivity index (χ1n) is 5.23. The summed E-state index contributed by atoms with van der Waals surface area (Å²) in [6, 6.07) is 3.35. The molecule has 0 radical (unpaired) electrons. The van der Waals surface area contributed by atoms with E-state index in [4.69, 9.17) is 0 Å². The fourth-order valence-electron chi connectivity index (χ4n) is 1.26. The van der Waals surface area contributed by atoms with Crippen molar-refractivity contribution >= 4 is 16.0 Å². The van der Waals surface area contributed by atoms with Gasteiger partial charge in [-0.3, -0.25) is 0 Å². The zero-order valence-electron chi connectivity index (χ0n) is 10.4. The van der Waals surface area contributed by atoms with Crippen molar-refractivity contribution in [3.8, 4) is 17.6 Å². The van der Waals surface area contributed by atoms with Crippen LogP contribution in [0.5, 0.6) is 5.75 Å². The molecule has 0 amide bonds. The molecular formula is C12H13NO5S. The standard InChI is InChI=1S/C12H13NO5S/c1-3-4-7-13-19(16,17)9-5-6-11(14)10(8-9)12(15)18-2/h5-6,8,13-14H,7H2,1-2H3. The number of hydrogen-bond donors (Lipinski definition) is 2. The zero-order valence-corrected chi connectivity index (χ0v) is 11.2. The number of phenols is 1. The van der Waals surface area contributed by atoms with Crippen molar-refractivity contribution in [1.82, 2.24) is 4.72 Å². The molecule has 0 aliphatic carbocycles. The van der Waals surface area contributed by atoms with E-state index >= 15 is 0 Å². The molecule has 0 spiro atoms. The van der Waals surface area contributed by atoms with Crippen LogP contribution in [-0.2, 0) is 14.8 Å². The Morgan fingerprint density at radius 1 is 1.47 bits per heavy atom. The van der Waals surface area contributed by atoms with E-state index in [2.05, 4.69) is 21.3 Å². The molecule has 0 aliphatic heterocycles. The minimum absolute atomic E-state index is 0.0345. The molecule has 0 saturated carbocycles. The van der Waals surface area contributed by atoms with Crippen LogP contribution in [0.15, 0.2) is 23.1 Å². The molecular weight excluding hydrogens is 270 g/mol. The van der Waals surface area contributed by atoms with Gasteiger partial charge in [0.25, 0.3) is 0 Å².